The third-order valence-electron chi connectivity index (χ3n) is 5.48. The predicted molar refractivity (Wildman–Crippen MR) is 141 cm³/mol. The molecule has 0 saturated carbocycles. The third-order valence-corrected chi connectivity index (χ3v) is 8.65. The van der Waals surface area contributed by atoms with Crippen molar-refractivity contribution in [1.82, 2.24) is 4.57 Å². The van der Waals surface area contributed by atoms with Gasteiger partial charge in [0.2, 0.25) is 0 Å². The molecule has 1 aromatic heterocycles. The van der Waals surface area contributed by atoms with Crippen LogP contribution in [0, 0.1) is 17.8 Å². The zero-order valence-electron chi connectivity index (χ0n) is 17.1. The van der Waals surface area contributed by atoms with Crippen LogP contribution in [0.1, 0.15) is 26.8 Å². The number of benzene rings is 3. The Bertz CT molecular complexity index is 1340. The van der Waals surface area contributed by atoms with E-state index in [4.69, 9.17) is 24.4 Å². The van der Waals surface area contributed by atoms with Crippen LogP contribution in [0.4, 0.5) is 11.5 Å². The quantitative estimate of drug-likeness (QED) is 0.276. The van der Waals surface area contributed by atoms with E-state index >= 15 is 0 Å². The lowest BCUT2D eigenvalue weighted by Crippen LogP contribution is -2.30. The molecule has 1 unspecified atom stereocenters. The summed E-state index contributed by atoms with van der Waals surface area (Å²) in [6.07, 6.45) is 0. The Morgan fingerprint density at radius 2 is 1.32 bits per heavy atom. The van der Waals surface area contributed by atoms with Gasteiger partial charge >= 0.3 is 0 Å². The monoisotopic (exact) mass is 476 g/mol. The van der Waals surface area contributed by atoms with Crippen molar-refractivity contribution < 1.29 is 0 Å². The van der Waals surface area contributed by atoms with E-state index in [0.29, 0.717) is 0 Å². The Morgan fingerprint density at radius 1 is 0.742 bits per heavy atom. The molecule has 0 bridgehead atoms. The van der Waals surface area contributed by atoms with E-state index in [0.717, 1.165) is 25.5 Å². The first kappa shape index (κ1) is 20.6. The summed E-state index contributed by atoms with van der Waals surface area (Å²) in [7, 11) is 0. The van der Waals surface area contributed by atoms with Crippen LogP contribution in [0.2, 0.25) is 0 Å². The summed E-state index contributed by atoms with van der Waals surface area (Å²) in [5.41, 5.74) is 5.81. The second-order valence-corrected chi connectivity index (χ2v) is 10.9. The molecule has 1 atom stereocenters. The fraction of sp³-hybridized carbons (Fsp3) is 0.120. The second-order valence-electron chi connectivity index (χ2n) is 7.47. The lowest BCUT2D eigenvalue weighted by atomic mass is 10.1. The maximum Gasteiger partial charge on any atom is 0.167 e. The van der Waals surface area contributed by atoms with Gasteiger partial charge in [-0.2, -0.15) is 0 Å². The van der Waals surface area contributed by atoms with Crippen LogP contribution in [0.3, 0.4) is 0 Å². The second kappa shape index (κ2) is 8.36. The largest absolute Gasteiger partial charge is 0.280 e. The Labute approximate surface area is 201 Å². The molecule has 3 aromatic carbocycles. The van der Waals surface area contributed by atoms with Crippen molar-refractivity contribution in [3.63, 3.8) is 0 Å². The molecular formula is C25H20N2S4. The normalized spacial score (nSPS) is 15.7. The van der Waals surface area contributed by atoms with E-state index in [2.05, 4.69) is 102 Å². The molecular weight excluding hydrogens is 457 g/mol. The summed E-state index contributed by atoms with van der Waals surface area (Å²) in [6, 6.07) is 27.4. The molecule has 1 aliphatic heterocycles. The summed E-state index contributed by atoms with van der Waals surface area (Å²) in [5.74, 6) is 1.07. The van der Waals surface area contributed by atoms with E-state index in [1.54, 1.807) is 23.1 Å². The number of hydrogen-bond donors (Lipinski definition) is 0. The third kappa shape index (κ3) is 3.57. The number of aromatic nitrogens is 1. The highest BCUT2D eigenvalue weighted by Crippen LogP contribution is 2.53. The maximum absolute atomic E-state index is 6.02. The number of hydrogen-bond acceptors (Lipinski definition) is 4. The van der Waals surface area contributed by atoms with E-state index in [1.807, 2.05) is 0 Å². The SMILES string of the molecule is Cc1ccccc1N1C(=S)SC(c2ccccc2)c2sc(=S)n(-c3ccccc3C)c21. The molecule has 0 amide bonds. The van der Waals surface area contributed by atoms with Gasteiger partial charge in [-0.1, -0.05) is 90.7 Å². The maximum atomic E-state index is 6.02. The van der Waals surface area contributed by atoms with Gasteiger partial charge in [0, 0.05) is 0 Å². The Morgan fingerprint density at radius 3 is 1.97 bits per heavy atom. The molecule has 0 saturated heterocycles. The van der Waals surface area contributed by atoms with Crippen LogP contribution < -0.4 is 4.90 Å². The number of para-hydroxylation sites is 2. The number of thioether (sulfide) groups is 1. The summed E-state index contributed by atoms with van der Waals surface area (Å²) in [4.78, 5) is 3.45. The Hall–Kier alpha value is -2.25. The zero-order chi connectivity index (χ0) is 21.5. The van der Waals surface area contributed by atoms with Gasteiger partial charge in [-0.25, -0.2) is 0 Å². The van der Waals surface area contributed by atoms with Crippen molar-refractivity contribution >= 4 is 63.4 Å². The van der Waals surface area contributed by atoms with Crippen LogP contribution in [-0.2, 0) is 0 Å². The van der Waals surface area contributed by atoms with Crippen molar-refractivity contribution in [2.24, 2.45) is 0 Å². The molecule has 1 aliphatic rings. The molecule has 0 spiro atoms. The lowest BCUT2D eigenvalue weighted by Gasteiger charge is -2.35. The summed E-state index contributed by atoms with van der Waals surface area (Å²) >= 11 is 15.4. The van der Waals surface area contributed by atoms with Gasteiger partial charge in [0.1, 0.15) is 10.1 Å². The van der Waals surface area contributed by atoms with Crippen molar-refractivity contribution in [3.05, 3.63) is 104 Å². The number of anilines is 2. The van der Waals surface area contributed by atoms with E-state index in [-0.39, 0.29) is 5.25 Å². The fourth-order valence-electron chi connectivity index (χ4n) is 3.96. The van der Waals surface area contributed by atoms with Gasteiger partial charge in [-0.3, -0.25) is 9.47 Å². The highest BCUT2D eigenvalue weighted by atomic mass is 32.2. The van der Waals surface area contributed by atoms with Crippen LogP contribution in [-0.4, -0.2) is 8.89 Å². The summed E-state index contributed by atoms with van der Waals surface area (Å²) in [6.45, 7) is 4.26. The van der Waals surface area contributed by atoms with E-state index in [1.165, 1.54) is 21.6 Å². The lowest BCUT2D eigenvalue weighted by molar-refractivity contribution is 1.01. The molecule has 2 nitrogen and oxygen atoms in total. The Kier molecular flexibility index (Phi) is 5.56. The van der Waals surface area contributed by atoms with E-state index < -0.39 is 0 Å². The van der Waals surface area contributed by atoms with E-state index in [9.17, 15) is 0 Å². The average molecular weight is 477 g/mol. The average Bonchev–Trinajstić information content (AvgIpc) is 3.11. The minimum atomic E-state index is 0.126. The van der Waals surface area contributed by atoms with Crippen LogP contribution in [0.5, 0.6) is 0 Å². The van der Waals surface area contributed by atoms with Crippen molar-refractivity contribution in [3.8, 4) is 5.69 Å². The highest BCUT2D eigenvalue weighted by molar-refractivity contribution is 8.23. The number of nitrogens with zero attached hydrogens (tertiary/aromatic N) is 2. The molecule has 31 heavy (non-hydrogen) atoms. The molecule has 0 radical (unpaired) electrons. The topological polar surface area (TPSA) is 8.17 Å². The summed E-state index contributed by atoms with van der Waals surface area (Å²) in [5, 5.41) is 0.126. The Balaban J connectivity index is 1.83. The molecule has 0 fully saturated rings. The number of thiocarbonyl (C=S) groups is 1. The molecule has 6 heteroatoms. The number of rotatable bonds is 3. The first-order valence-electron chi connectivity index (χ1n) is 9.99. The van der Waals surface area contributed by atoms with Gasteiger partial charge < -0.3 is 0 Å². The minimum absolute atomic E-state index is 0.126. The summed E-state index contributed by atoms with van der Waals surface area (Å²) < 4.78 is 3.88. The standard InChI is InChI=1S/C25H20N2S4/c1-16-10-6-8-14-19(16)26-23-22(21(30-24(26)28)18-12-4-3-5-13-18)31-25(29)27(23)20-15-9-7-11-17(20)2/h3-15,21H,1-2H3. The molecule has 2 heterocycles. The highest BCUT2D eigenvalue weighted by Gasteiger charge is 2.37. The molecule has 0 N–H and O–H groups in total. The number of aryl methyl sites for hydroxylation is 2. The van der Waals surface area contributed by atoms with Gasteiger partial charge in [0.25, 0.3) is 0 Å². The number of thiazole rings is 1. The van der Waals surface area contributed by atoms with Crippen LogP contribution in [0.15, 0.2) is 78.9 Å². The molecule has 5 rings (SSSR count). The predicted octanol–water partition coefficient (Wildman–Crippen LogP) is 8.14. The molecule has 4 aromatic rings. The van der Waals surface area contributed by atoms with Gasteiger partial charge in [0.05, 0.1) is 21.5 Å². The van der Waals surface area contributed by atoms with Crippen LogP contribution in [0.25, 0.3) is 5.69 Å². The first-order chi connectivity index (χ1) is 15.1. The zero-order valence-corrected chi connectivity index (χ0v) is 20.4. The van der Waals surface area contributed by atoms with Crippen LogP contribution >= 0.6 is 47.5 Å². The minimum Gasteiger partial charge on any atom is -0.280 e. The van der Waals surface area contributed by atoms with Gasteiger partial charge in [-0.05, 0) is 54.9 Å². The fourth-order valence-corrected chi connectivity index (χ4v) is 7.15. The van der Waals surface area contributed by atoms with Crippen molar-refractivity contribution in [1.29, 1.82) is 0 Å². The van der Waals surface area contributed by atoms with Crippen molar-refractivity contribution in [2.75, 3.05) is 4.90 Å². The number of fused-ring (bicyclic) bond motifs is 1. The smallest absolute Gasteiger partial charge is 0.167 e. The molecule has 0 aliphatic carbocycles. The van der Waals surface area contributed by atoms with Gasteiger partial charge in [-0.15, -0.1) is 11.3 Å². The molecule has 154 valence electrons. The first-order valence-corrected chi connectivity index (χ1v) is 12.5. The van der Waals surface area contributed by atoms with Gasteiger partial charge in [0.15, 0.2) is 3.95 Å². The van der Waals surface area contributed by atoms with Crippen molar-refractivity contribution in [2.45, 2.75) is 19.1 Å².